The van der Waals surface area contributed by atoms with Gasteiger partial charge in [0, 0.05) is 0 Å². The fraction of sp³-hybridized carbons (Fsp3) is 0.636. The second-order valence-corrected chi connectivity index (χ2v) is 24.1. The Morgan fingerprint density at radius 3 is 1.69 bits per heavy atom. The summed E-state index contributed by atoms with van der Waals surface area (Å²) in [5, 5.41) is 1.35. The molecule has 0 aliphatic rings. The fourth-order valence-corrected chi connectivity index (χ4v) is 24.9. The summed E-state index contributed by atoms with van der Waals surface area (Å²) in [6.07, 6.45) is 8.40. The van der Waals surface area contributed by atoms with Crippen molar-refractivity contribution in [2.24, 2.45) is 0 Å². The molecule has 0 unspecified atom stereocenters. The van der Waals surface area contributed by atoms with Crippen LogP contribution in [0.25, 0.3) is 9.75 Å². The number of thiophene rings is 2. The predicted octanol–water partition coefficient (Wildman–Crippen LogP) is 7.60. The van der Waals surface area contributed by atoms with E-state index in [1.165, 1.54) is 53.3 Å². The third-order valence-electron chi connectivity index (χ3n) is 5.43. The zero-order chi connectivity index (χ0) is 19.0. The van der Waals surface area contributed by atoms with E-state index < -0.39 is 18.4 Å². The molecule has 26 heavy (non-hydrogen) atoms. The van der Waals surface area contributed by atoms with Crippen LogP contribution in [0.3, 0.4) is 0 Å². The van der Waals surface area contributed by atoms with Crippen LogP contribution in [0, 0.1) is 0 Å². The van der Waals surface area contributed by atoms with Crippen molar-refractivity contribution in [2.75, 3.05) is 19.0 Å². The van der Waals surface area contributed by atoms with Gasteiger partial charge in [-0.3, -0.25) is 0 Å². The molecule has 0 radical (unpaired) electrons. The molecule has 146 valence electrons. The predicted molar refractivity (Wildman–Crippen MR) is 126 cm³/mol. The van der Waals surface area contributed by atoms with E-state index in [1.807, 2.05) is 14.2 Å². The molecule has 0 amide bonds. The van der Waals surface area contributed by atoms with Gasteiger partial charge in [-0.25, -0.2) is 0 Å². The molecule has 0 bridgehead atoms. The van der Waals surface area contributed by atoms with Gasteiger partial charge in [0.05, 0.1) is 0 Å². The first-order valence-corrected chi connectivity index (χ1v) is 19.6. The van der Waals surface area contributed by atoms with Crippen molar-refractivity contribution >= 4 is 48.9 Å². The Morgan fingerprint density at radius 2 is 1.23 bits per heavy atom. The van der Waals surface area contributed by atoms with E-state index >= 15 is 0 Å². The first-order valence-electron chi connectivity index (χ1n) is 10.4. The number of rotatable bonds is 12. The van der Waals surface area contributed by atoms with Gasteiger partial charge in [-0.15, -0.1) is 0 Å². The zero-order valence-electron chi connectivity index (χ0n) is 17.4. The van der Waals surface area contributed by atoms with Crippen LogP contribution in [-0.4, -0.2) is 32.5 Å². The van der Waals surface area contributed by atoms with Crippen molar-refractivity contribution < 1.29 is 0 Å². The fourth-order valence-electron chi connectivity index (χ4n) is 3.75. The van der Waals surface area contributed by atoms with Gasteiger partial charge in [-0.2, -0.15) is 0 Å². The van der Waals surface area contributed by atoms with Gasteiger partial charge in [-0.05, 0) is 0 Å². The van der Waals surface area contributed by atoms with Crippen molar-refractivity contribution in [3.63, 3.8) is 0 Å². The van der Waals surface area contributed by atoms with Crippen LogP contribution in [0.15, 0.2) is 24.3 Å². The second-order valence-electron chi connectivity index (χ2n) is 7.79. The molecule has 0 aliphatic carbocycles. The SMILES string of the molecule is CCC[CH2][Sn]([CH2]CCC)([CH2]CCC)[c]1ccc(-c2ccc(N(C)C)s2)s1. The minimum atomic E-state index is -2.25. The second kappa shape index (κ2) is 11.1. The van der Waals surface area contributed by atoms with Gasteiger partial charge in [-0.1, -0.05) is 0 Å². The molecule has 0 aromatic carbocycles. The van der Waals surface area contributed by atoms with E-state index in [9.17, 15) is 0 Å². The molecular weight excluding hydrogens is 461 g/mol. The molecule has 4 heteroatoms. The Bertz CT molecular complexity index is 622. The van der Waals surface area contributed by atoms with E-state index in [-0.39, 0.29) is 0 Å². The van der Waals surface area contributed by atoms with E-state index in [0.717, 1.165) is 0 Å². The van der Waals surface area contributed by atoms with Crippen molar-refractivity contribution in [1.82, 2.24) is 0 Å². The Morgan fingerprint density at radius 1 is 0.731 bits per heavy atom. The maximum absolute atomic E-state index is 2.55. The van der Waals surface area contributed by atoms with E-state index in [2.05, 4.69) is 75.4 Å². The Balaban J connectivity index is 2.31. The van der Waals surface area contributed by atoms with E-state index in [4.69, 9.17) is 0 Å². The molecule has 2 heterocycles. The van der Waals surface area contributed by atoms with Crippen molar-refractivity contribution in [3.05, 3.63) is 24.3 Å². The van der Waals surface area contributed by atoms with Crippen LogP contribution in [0.1, 0.15) is 59.3 Å². The number of hydrogen-bond donors (Lipinski definition) is 0. The van der Waals surface area contributed by atoms with Crippen molar-refractivity contribution in [1.29, 1.82) is 0 Å². The first-order chi connectivity index (χ1) is 12.6. The molecule has 1 nitrogen and oxygen atoms in total. The molecule has 0 N–H and O–H groups in total. The van der Waals surface area contributed by atoms with Gasteiger partial charge in [0.2, 0.25) is 0 Å². The van der Waals surface area contributed by atoms with Crippen LogP contribution in [0.2, 0.25) is 13.3 Å². The summed E-state index contributed by atoms with van der Waals surface area (Å²) in [5.41, 5.74) is 0. The zero-order valence-corrected chi connectivity index (χ0v) is 21.9. The van der Waals surface area contributed by atoms with Crippen LogP contribution >= 0.6 is 22.7 Å². The van der Waals surface area contributed by atoms with Crippen LogP contribution in [-0.2, 0) is 0 Å². The van der Waals surface area contributed by atoms with Gasteiger partial charge in [0.1, 0.15) is 0 Å². The molecule has 0 saturated carbocycles. The number of anilines is 1. The summed E-state index contributed by atoms with van der Waals surface area (Å²) < 4.78 is 6.56. The molecule has 2 rings (SSSR count). The minimum absolute atomic E-state index is 1.35. The summed E-state index contributed by atoms with van der Waals surface area (Å²) in [7, 11) is 4.27. The van der Waals surface area contributed by atoms with Crippen molar-refractivity contribution in [3.8, 4) is 9.75 Å². The monoisotopic (exact) mass is 499 g/mol. The molecule has 2 aromatic heterocycles. The first kappa shape index (κ1) is 22.3. The van der Waals surface area contributed by atoms with Crippen LogP contribution in [0.5, 0.6) is 0 Å². The number of hydrogen-bond acceptors (Lipinski definition) is 3. The van der Waals surface area contributed by atoms with Gasteiger partial charge >= 0.3 is 175 Å². The van der Waals surface area contributed by atoms with Gasteiger partial charge < -0.3 is 0 Å². The summed E-state index contributed by atoms with van der Waals surface area (Å²) >= 11 is 1.84. The molecule has 0 spiro atoms. The van der Waals surface area contributed by atoms with Gasteiger partial charge in [0.15, 0.2) is 0 Å². The van der Waals surface area contributed by atoms with E-state index in [1.54, 1.807) is 13.3 Å². The third kappa shape index (κ3) is 5.75. The Hall–Kier alpha value is -0.00130. The molecule has 0 aliphatic heterocycles. The quantitative estimate of drug-likeness (QED) is 0.273. The standard InChI is InChI=1S/C10H10NS2.3C4H9.Sn/c1-11(2)10-6-5-9(13-10)8-4-3-7-12-8;3*1-3-4-2;/h3-6H,1-2H3;3*1,3-4H2,2H3;. The molecule has 0 atom stereocenters. The topological polar surface area (TPSA) is 3.24 Å². The molecule has 0 fully saturated rings. The summed E-state index contributed by atoms with van der Waals surface area (Å²) in [6.45, 7) is 7.10. The Kier molecular flexibility index (Phi) is 9.52. The Labute approximate surface area is 173 Å². The number of unbranched alkanes of at least 4 members (excludes halogenated alkanes) is 3. The van der Waals surface area contributed by atoms with E-state index in [0.29, 0.717) is 0 Å². The third-order valence-corrected chi connectivity index (χ3v) is 26.2. The van der Waals surface area contributed by atoms with Crippen LogP contribution < -0.4 is 7.79 Å². The average Bonchev–Trinajstić information content (AvgIpc) is 3.31. The molecule has 2 aromatic rings. The molecule has 0 saturated heterocycles. The summed E-state index contributed by atoms with van der Waals surface area (Å²) in [4.78, 5) is 5.17. The van der Waals surface area contributed by atoms with Crippen LogP contribution in [0.4, 0.5) is 5.00 Å². The maximum atomic E-state index is 2.55. The molecular formula is C22H37NS2Sn. The number of nitrogens with zero attached hydrogens (tertiary/aromatic N) is 1. The summed E-state index contributed by atoms with van der Waals surface area (Å²) in [5.74, 6) is 0. The normalized spacial score (nSPS) is 11.9. The van der Waals surface area contributed by atoms with Gasteiger partial charge in [0.25, 0.3) is 0 Å². The summed E-state index contributed by atoms with van der Waals surface area (Å²) in [6, 6.07) is 9.56. The van der Waals surface area contributed by atoms with Crippen molar-refractivity contribution in [2.45, 2.75) is 72.6 Å². The average molecular weight is 498 g/mol.